The van der Waals surface area contributed by atoms with Gasteiger partial charge in [0.2, 0.25) is 5.91 Å². The third-order valence-electron chi connectivity index (χ3n) is 4.45. The predicted octanol–water partition coefficient (Wildman–Crippen LogP) is 2.72. The number of imidazole rings is 1. The summed E-state index contributed by atoms with van der Waals surface area (Å²) in [6.07, 6.45) is 6.12. The minimum Gasteiger partial charge on any atom is -0.354 e. The van der Waals surface area contributed by atoms with E-state index in [9.17, 15) is 9.59 Å². The molecule has 1 fully saturated rings. The largest absolute Gasteiger partial charge is 0.354 e. The number of rotatable bonds is 4. The van der Waals surface area contributed by atoms with Crippen LogP contribution in [0.2, 0.25) is 0 Å². The molecule has 0 spiro atoms. The first-order valence-corrected chi connectivity index (χ1v) is 9.87. The standard InChI is InChI=1S/C17H18N4O2S2/c1-18-16(23)14-5-4-13(25-14)12-3-2-6-21(12)15(22)9-11-10-20-7-8-24-17(20)19-11/h4-5,7-8,10,12H,2-3,6,9H2,1H3,(H,18,23). The zero-order valence-corrected chi connectivity index (χ0v) is 15.4. The van der Waals surface area contributed by atoms with Crippen molar-refractivity contribution in [1.29, 1.82) is 0 Å². The van der Waals surface area contributed by atoms with Gasteiger partial charge in [0.1, 0.15) is 0 Å². The number of thiophene rings is 1. The van der Waals surface area contributed by atoms with Crippen molar-refractivity contribution in [2.75, 3.05) is 13.6 Å². The minimum atomic E-state index is -0.0785. The van der Waals surface area contributed by atoms with E-state index < -0.39 is 0 Å². The Hall–Kier alpha value is -2.19. The normalized spacial score (nSPS) is 17.3. The van der Waals surface area contributed by atoms with E-state index in [0.29, 0.717) is 11.3 Å². The molecule has 6 nitrogen and oxygen atoms in total. The van der Waals surface area contributed by atoms with Gasteiger partial charge in [-0.3, -0.25) is 14.0 Å². The molecule has 1 saturated heterocycles. The Balaban J connectivity index is 1.50. The molecular weight excluding hydrogens is 356 g/mol. The summed E-state index contributed by atoms with van der Waals surface area (Å²) in [6, 6.07) is 3.88. The van der Waals surface area contributed by atoms with Crippen molar-refractivity contribution in [2.45, 2.75) is 25.3 Å². The van der Waals surface area contributed by atoms with Crippen molar-refractivity contribution in [3.8, 4) is 0 Å². The average molecular weight is 374 g/mol. The number of hydrogen-bond donors (Lipinski definition) is 1. The van der Waals surface area contributed by atoms with Gasteiger partial charge in [0, 0.05) is 36.2 Å². The molecule has 1 unspecified atom stereocenters. The maximum absolute atomic E-state index is 12.8. The van der Waals surface area contributed by atoms with Crippen LogP contribution in [0, 0.1) is 0 Å². The monoisotopic (exact) mass is 374 g/mol. The lowest BCUT2D eigenvalue weighted by molar-refractivity contribution is -0.131. The molecule has 1 N–H and O–H groups in total. The van der Waals surface area contributed by atoms with Gasteiger partial charge in [0.25, 0.3) is 5.91 Å². The summed E-state index contributed by atoms with van der Waals surface area (Å²) in [5, 5.41) is 4.62. The highest BCUT2D eigenvalue weighted by atomic mass is 32.1. The van der Waals surface area contributed by atoms with Gasteiger partial charge < -0.3 is 10.2 Å². The van der Waals surface area contributed by atoms with E-state index in [4.69, 9.17) is 0 Å². The van der Waals surface area contributed by atoms with Crippen molar-refractivity contribution in [2.24, 2.45) is 0 Å². The lowest BCUT2D eigenvalue weighted by atomic mass is 10.1. The fourth-order valence-corrected chi connectivity index (χ4v) is 5.08. The average Bonchev–Trinajstić information content (AvgIpc) is 3.34. The molecule has 8 heteroatoms. The Morgan fingerprint density at radius 2 is 2.28 bits per heavy atom. The Bertz CT molecular complexity index is 898. The summed E-state index contributed by atoms with van der Waals surface area (Å²) in [5.41, 5.74) is 0.805. The molecule has 1 aliphatic rings. The molecule has 25 heavy (non-hydrogen) atoms. The Labute approximate surface area is 153 Å². The zero-order valence-electron chi connectivity index (χ0n) is 13.8. The minimum absolute atomic E-state index is 0.0691. The van der Waals surface area contributed by atoms with Crippen LogP contribution in [0.1, 0.15) is 39.1 Å². The fourth-order valence-electron chi connectivity index (χ4n) is 3.26. The van der Waals surface area contributed by atoms with Crippen molar-refractivity contribution >= 4 is 39.4 Å². The number of aromatic nitrogens is 2. The molecule has 0 saturated carbocycles. The number of carbonyl (C=O) groups is 2. The number of nitrogens with one attached hydrogen (secondary N) is 1. The van der Waals surface area contributed by atoms with E-state index in [1.165, 1.54) is 11.3 Å². The topological polar surface area (TPSA) is 66.7 Å². The number of hydrogen-bond acceptors (Lipinski definition) is 5. The van der Waals surface area contributed by atoms with Gasteiger partial charge in [0.05, 0.1) is 23.0 Å². The lowest BCUT2D eigenvalue weighted by Gasteiger charge is -2.23. The fraction of sp³-hybridized carbons (Fsp3) is 0.353. The number of nitrogens with zero attached hydrogens (tertiary/aromatic N) is 3. The summed E-state index contributed by atoms with van der Waals surface area (Å²) >= 11 is 3.03. The first kappa shape index (κ1) is 16.3. The van der Waals surface area contributed by atoms with Crippen LogP contribution < -0.4 is 5.32 Å². The highest BCUT2D eigenvalue weighted by Crippen LogP contribution is 2.36. The van der Waals surface area contributed by atoms with E-state index in [1.807, 2.05) is 39.2 Å². The van der Waals surface area contributed by atoms with E-state index >= 15 is 0 Å². The van der Waals surface area contributed by atoms with Crippen LogP contribution in [-0.2, 0) is 11.2 Å². The molecular formula is C17H18N4O2S2. The Morgan fingerprint density at radius 3 is 3.08 bits per heavy atom. The van der Waals surface area contributed by atoms with Gasteiger partial charge in [0.15, 0.2) is 4.96 Å². The molecule has 3 aromatic heterocycles. The van der Waals surface area contributed by atoms with Crippen LogP contribution in [0.5, 0.6) is 0 Å². The first-order chi connectivity index (χ1) is 12.2. The quantitative estimate of drug-likeness (QED) is 0.764. The van der Waals surface area contributed by atoms with Crippen molar-refractivity contribution in [1.82, 2.24) is 19.6 Å². The van der Waals surface area contributed by atoms with Gasteiger partial charge in [-0.05, 0) is 25.0 Å². The molecule has 0 radical (unpaired) electrons. The van der Waals surface area contributed by atoms with Crippen LogP contribution in [-0.4, -0.2) is 39.7 Å². The number of fused-ring (bicyclic) bond motifs is 1. The van der Waals surface area contributed by atoms with Gasteiger partial charge >= 0.3 is 0 Å². The molecule has 4 heterocycles. The smallest absolute Gasteiger partial charge is 0.261 e. The van der Waals surface area contributed by atoms with E-state index in [2.05, 4.69) is 10.3 Å². The number of amides is 2. The van der Waals surface area contributed by atoms with Crippen LogP contribution >= 0.6 is 22.7 Å². The highest BCUT2D eigenvalue weighted by molar-refractivity contribution is 7.15. The molecule has 1 atom stereocenters. The first-order valence-electron chi connectivity index (χ1n) is 8.18. The summed E-state index contributed by atoms with van der Waals surface area (Å²) in [7, 11) is 1.63. The molecule has 0 bridgehead atoms. The second-order valence-corrected chi connectivity index (χ2v) is 8.02. The molecule has 130 valence electrons. The highest BCUT2D eigenvalue weighted by Gasteiger charge is 2.31. The number of likely N-dealkylation sites (tertiary alicyclic amines) is 1. The third kappa shape index (κ3) is 3.07. The van der Waals surface area contributed by atoms with Crippen LogP contribution in [0.4, 0.5) is 0 Å². The van der Waals surface area contributed by atoms with Crippen molar-refractivity contribution < 1.29 is 9.59 Å². The third-order valence-corrected chi connectivity index (χ3v) is 6.41. The molecule has 4 rings (SSSR count). The Morgan fingerprint density at radius 1 is 1.40 bits per heavy atom. The molecule has 3 aromatic rings. The summed E-state index contributed by atoms with van der Waals surface area (Å²) in [5.74, 6) is 0.0216. The van der Waals surface area contributed by atoms with E-state index in [1.54, 1.807) is 18.4 Å². The molecule has 0 aromatic carbocycles. The second-order valence-electron chi connectivity index (χ2n) is 6.03. The van der Waals surface area contributed by atoms with Gasteiger partial charge in [-0.1, -0.05) is 0 Å². The second kappa shape index (κ2) is 6.61. The number of thiazole rings is 1. The van der Waals surface area contributed by atoms with E-state index in [0.717, 1.165) is 34.9 Å². The van der Waals surface area contributed by atoms with Crippen molar-refractivity contribution in [3.05, 3.63) is 45.4 Å². The van der Waals surface area contributed by atoms with Gasteiger partial charge in [-0.2, -0.15) is 0 Å². The molecule has 1 aliphatic heterocycles. The summed E-state index contributed by atoms with van der Waals surface area (Å²) in [6.45, 7) is 0.763. The predicted molar refractivity (Wildman–Crippen MR) is 98.2 cm³/mol. The van der Waals surface area contributed by atoms with E-state index in [-0.39, 0.29) is 17.9 Å². The molecule has 2 amide bonds. The van der Waals surface area contributed by atoms with Crippen molar-refractivity contribution in [3.63, 3.8) is 0 Å². The van der Waals surface area contributed by atoms with Crippen LogP contribution in [0.3, 0.4) is 0 Å². The summed E-state index contributed by atoms with van der Waals surface area (Å²) < 4.78 is 1.95. The lowest BCUT2D eigenvalue weighted by Crippen LogP contribution is -2.31. The molecule has 0 aliphatic carbocycles. The Kier molecular flexibility index (Phi) is 4.30. The van der Waals surface area contributed by atoms with Gasteiger partial charge in [-0.25, -0.2) is 4.98 Å². The SMILES string of the molecule is CNC(=O)c1ccc(C2CCCN2C(=O)Cc2cn3ccsc3n2)s1. The number of carbonyl (C=O) groups excluding carboxylic acids is 2. The zero-order chi connectivity index (χ0) is 17.4. The van der Waals surface area contributed by atoms with Gasteiger partial charge in [-0.15, -0.1) is 22.7 Å². The van der Waals surface area contributed by atoms with Crippen LogP contribution in [0.15, 0.2) is 29.9 Å². The van der Waals surface area contributed by atoms with Crippen LogP contribution in [0.25, 0.3) is 4.96 Å². The maximum Gasteiger partial charge on any atom is 0.261 e. The summed E-state index contributed by atoms with van der Waals surface area (Å²) in [4.78, 5) is 33.7. The maximum atomic E-state index is 12.8.